The maximum Gasteiger partial charge on any atom is 0.211 e. The third-order valence-corrected chi connectivity index (χ3v) is 5.63. The predicted octanol–water partition coefficient (Wildman–Crippen LogP) is 5.97. The fraction of sp³-hybridized carbons (Fsp3) is 0.0556. The Morgan fingerprint density at radius 1 is 1.21 bits per heavy atom. The first-order valence-electron chi connectivity index (χ1n) is 7.95. The van der Waals surface area contributed by atoms with Crippen molar-refractivity contribution in [1.29, 1.82) is 0 Å². The third-order valence-electron chi connectivity index (χ3n) is 3.86. The van der Waals surface area contributed by atoms with Gasteiger partial charge in [0, 0.05) is 22.8 Å². The highest BCUT2D eigenvalue weighted by molar-refractivity contribution is 9.10. The van der Waals surface area contributed by atoms with Crippen molar-refractivity contribution < 1.29 is 0 Å². The van der Waals surface area contributed by atoms with Crippen molar-refractivity contribution in [3.8, 4) is 16.4 Å². The molecule has 4 rings (SSSR count). The number of aryl methyl sites for hydroxylation is 1. The second kappa shape index (κ2) is 7.79. The highest BCUT2D eigenvalue weighted by Gasteiger charge is 2.16. The van der Waals surface area contributed by atoms with Crippen molar-refractivity contribution in [2.45, 2.75) is 6.92 Å². The maximum atomic E-state index is 6.26. The van der Waals surface area contributed by atoms with E-state index in [1.54, 1.807) is 35.1 Å². The molecule has 3 aromatic heterocycles. The summed E-state index contributed by atoms with van der Waals surface area (Å²) in [5.74, 6) is 1.13. The standard InChI is InChI=1S/C18H11BrCl2N6S/c1-9-6-11(20)7-12(10(9)2)17-24-25-18(28-17)23-15-8-14(19)26-27(15)16-13(21)4-3-5-22-16/h2-8H,1H3,(H,23,25). The molecule has 0 atom stereocenters. The summed E-state index contributed by atoms with van der Waals surface area (Å²) >= 11 is 17.1. The van der Waals surface area contributed by atoms with Crippen LogP contribution in [0.25, 0.3) is 16.4 Å². The smallest absolute Gasteiger partial charge is 0.211 e. The van der Waals surface area contributed by atoms with Gasteiger partial charge in [0.05, 0.1) is 5.02 Å². The molecule has 0 spiro atoms. The number of nitrogens with one attached hydrogen (secondary N) is 1. The Morgan fingerprint density at radius 2 is 2.04 bits per heavy atom. The van der Waals surface area contributed by atoms with Gasteiger partial charge in [-0.3, -0.25) is 0 Å². The molecule has 0 fully saturated rings. The second-order valence-electron chi connectivity index (χ2n) is 5.79. The molecule has 0 unspecified atom stereocenters. The number of benzene rings is 1. The highest BCUT2D eigenvalue weighted by atomic mass is 79.9. The van der Waals surface area contributed by atoms with Gasteiger partial charge in [0.1, 0.15) is 15.4 Å². The Balaban J connectivity index is 1.69. The van der Waals surface area contributed by atoms with Crippen molar-refractivity contribution in [3.63, 3.8) is 0 Å². The fourth-order valence-corrected chi connectivity index (χ4v) is 4.19. The van der Waals surface area contributed by atoms with Gasteiger partial charge in [-0.2, -0.15) is 9.78 Å². The molecule has 6 nitrogen and oxygen atoms in total. The minimum atomic E-state index is 0.473. The van der Waals surface area contributed by atoms with Gasteiger partial charge in [-0.1, -0.05) is 34.5 Å². The van der Waals surface area contributed by atoms with Crippen LogP contribution in [-0.4, -0.2) is 25.0 Å². The first-order valence-corrected chi connectivity index (χ1v) is 10.3. The molecule has 0 saturated carbocycles. The molecule has 0 aliphatic heterocycles. The van der Waals surface area contributed by atoms with E-state index in [1.165, 1.54) is 11.3 Å². The van der Waals surface area contributed by atoms with Crippen LogP contribution in [0.15, 0.2) is 41.1 Å². The lowest BCUT2D eigenvalue weighted by molar-refractivity contribution is 0.845. The number of aromatic nitrogens is 5. The van der Waals surface area contributed by atoms with Gasteiger partial charge in [0.2, 0.25) is 5.13 Å². The average molecular weight is 494 g/mol. The Bertz CT molecular complexity index is 1170. The number of hydrogen-bond acceptors (Lipinski definition) is 6. The van der Waals surface area contributed by atoms with Crippen molar-refractivity contribution >= 4 is 61.4 Å². The minimum Gasteiger partial charge on any atom is -0.315 e. The van der Waals surface area contributed by atoms with Gasteiger partial charge in [-0.05, 0) is 65.2 Å². The Hall–Kier alpha value is -2.00. The second-order valence-corrected chi connectivity index (χ2v) is 8.43. The zero-order valence-electron chi connectivity index (χ0n) is 14.3. The van der Waals surface area contributed by atoms with Crippen LogP contribution >= 0.6 is 50.5 Å². The van der Waals surface area contributed by atoms with Crippen molar-refractivity contribution in [2.75, 3.05) is 5.32 Å². The number of pyridine rings is 1. The van der Waals surface area contributed by atoms with Gasteiger partial charge in [-0.15, -0.1) is 10.2 Å². The summed E-state index contributed by atoms with van der Waals surface area (Å²) in [4.78, 5) is 4.29. The Morgan fingerprint density at radius 3 is 2.82 bits per heavy atom. The van der Waals surface area contributed by atoms with Crippen molar-refractivity contribution in [2.24, 2.45) is 0 Å². The molecule has 0 saturated heterocycles. The summed E-state index contributed by atoms with van der Waals surface area (Å²) in [6, 6.07) is 8.89. The summed E-state index contributed by atoms with van der Waals surface area (Å²) in [6.45, 7) is 8.08. The predicted molar refractivity (Wildman–Crippen MR) is 116 cm³/mol. The van der Waals surface area contributed by atoms with E-state index >= 15 is 0 Å². The minimum absolute atomic E-state index is 0.473. The number of anilines is 2. The molecule has 3 heterocycles. The van der Waals surface area contributed by atoms with Gasteiger partial charge in [-0.25, -0.2) is 4.98 Å². The summed E-state index contributed by atoms with van der Waals surface area (Å²) in [6.07, 6.45) is 1.65. The lowest BCUT2D eigenvalue weighted by atomic mass is 10.0. The van der Waals surface area contributed by atoms with Gasteiger partial charge in [0.15, 0.2) is 5.82 Å². The monoisotopic (exact) mass is 492 g/mol. The average Bonchev–Trinajstić information content (AvgIpc) is 3.25. The van der Waals surface area contributed by atoms with Crippen molar-refractivity contribution in [3.05, 3.63) is 69.2 Å². The number of hydrogen-bond donors (Lipinski definition) is 1. The lowest BCUT2D eigenvalue weighted by Gasteiger charge is -2.08. The first kappa shape index (κ1) is 19.3. The van der Waals surface area contributed by atoms with E-state index in [0.717, 1.165) is 11.1 Å². The highest BCUT2D eigenvalue weighted by Crippen LogP contribution is 2.34. The molecule has 10 heteroatoms. The van der Waals surface area contributed by atoms with E-state index < -0.39 is 0 Å². The van der Waals surface area contributed by atoms with Crippen LogP contribution in [0, 0.1) is 13.8 Å². The molecule has 140 valence electrons. The van der Waals surface area contributed by atoms with Crippen molar-refractivity contribution in [1.82, 2.24) is 25.0 Å². The van der Waals surface area contributed by atoms with Crippen LogP contribution in [0.1, 0.15) is 11.1 Å². The summed E-state index contributed by atoms with van der Waals surface area (Å²) in [5.41, 5.74) is 2.26. The third kappa shape index (κ3) is 3.77. The molecule has 0 aliphatic carbocycles. The fourth-order valence-electron chi connectivity index (χ4n) is 2.56. The zero-order valence-corrected chi connectivity index (χ0v) is 18.2. The first-order chi connectivity index (χ1) is 13.4. The van der Waals surface area contributed by atoms with Crippen LogP contribution < -0.4 is 5.32 Å². The van der Waals surface area contributed by atoms with Crippen LogP contribution in [-0.2, 0) is 0 Å². The van der Waals surface area contributed by atoms with Crippen LogP contribution in [0.2, 0.25) is 10.0 Å². The maximum absolute atomic E-state index is 6.26. The lowest BCUT2D eigenvalue weighted by Crippen LogP contribution is -2.04. The molecular weight excluding hydrogens is 483 g/mol. The normalized spacial score (nSPS) is 11.0. The summed E-state index contributed by atoms with van der Waals surface area (Å²) in [7, 11) is 0. The number of rotatable bonds is 4. The van der Waals surface area contributed by atoms with E-state index in [9.17, 15) is 0 Å². The quantitative estimate of drug-likeness (QED) is 0.379. The molecule has 4 aromatic rings. The molecule has 0 amide bonds. The zero-order chi connectivity index (χ0) is 19.8. The van der Waals surface area contributed by atoms with E-state index in [0.29, 0.717) is 42.0 Å². The van der Waals surface area contributed by atoms with E-state index in [-0.39, 0.29) is 0 Å². The van der Waals surface area contributed by atoms with E-state index in [2.05, 4.69) is 41.5 Å². The Labute approximate surface area is 183 Å². The van der Waals surface area contributed by atoms with E-state index in [1.807, 2.05) is 13.0 Å². The van der Waals surface area contributed by atoms with Crippen LogP contribution in [0.5, 0.6) is 0 Å². The topological polar surface area (TPSA) is 68.5 Å². The number of halogens is 3. The Kier molecular flexibility index (Phi) is 5.37. The number of nitrogens with zero attached hydrogens (tertiary/aromatic N) is 5. The SMILES string of the molecule is [CH]c1c(C)cc(Cl)cc1-c1nnc(Nc2cc(Br)nn2-c2ncccc2Cl)s1. The van der Waals surface area contributed by atoms with Gasteiger partial charge < -0.3 is 5.32 Å². The molecule has 28 heavy (non-hydrogen) atoms. The summed E-state index contributed by atoms with van der Waals surface area (Å²) < 4.78 is 2.21. The largest absolute Gasteiger partial charge is 0.315 e. The molecule has 2 radical (unpaired) electrons. The summed E-state index contributed by atoms with van der Waals surface area (Å²) in [5, 5.41) is 18.3. The van der Waals surface area contributed by atoms with E-state index in [4.69, 9.17) is 30.1 Å². The van der Waals surface area contributed by atoms with Crippen LogP contribution in [0.4, 0.5) is 10.9 Å². The molecule has 1 aromatic carbocycles. The van der Waals surface area contributed by atoms with Gasteiger partial charge >= 0.3 is 0 Å². The molecule has 0 aliphatic rings. The molecule has 0 bridgehead atoms. The molecular formula is C18H11BrCl2N6S. The molecule has 1 N–H and O–H groups in total. The van der Waals surface area contributed by atoms with Crippen LogP contribution in [0.3, 0.4) is 0 Å². The van der Waals surface area contributed by atoms with Gasteiger partial charge in [0.25, 0.3) is 0 Å².